The van der Waals surface area contributed by atoms with Gasteiger partial charge in [-0.05, 0) is 18.2 Å². The number of aromatic amines is 1. The first-order chi connectivity index (χ1) is 9.86. The second-order valence-corrected chi connectivity index (χ2v) is 4.34. The summed E-state index contributed by atoms with van der Waals surface area (Å²) >= 11 is 0. The van der Waals surface area contributed by atoms with E-state index in [-0.39, 0.29) is 16.8 Å². The Kier molecular flexibility index (Phi) is 2.75. The fourth-order valence-corrected chi connectivity index (χ4v) is 2.01. The van der Waals surface area contributed by atoms with Gasteiger partial charge in [-0.2, -0.15) is 13.2 Å². The first kappa shape index (κ1) is 13.2. The number of alkyl halides is 3. The molecule has 0 amide bonds. The normalized spacial score (nSPS) is 12.0. The van der Waals surface area contributed by atoms with Crippen LogP contribution in [0.25, 0.3) is 22.2 Å². The van der Waals surface area contributed by atoms with Gasteiger partial charge >= 0.3 is 12.1 Å². The molecule has 0 saturated heterocycles. The van der Waals surface area contributed by atoms with E-state index in [1.807, 2.05) is 0 Å². The molecule has 0 aliphatic heterocycles. The van der Waals surface area contributed by atoms with E-state index in [4.69, 9.17) is 5.11 Å². The first-order valence-corrected chi connectivity index (χ1v) is 5.75. The smallest absolute Gasteiger partial charge is 0.416 e. The van der Waals surface area contributed by atoms with Crippen molar-refractivity contribution in [1.82, 2.24) is 10.1 Å². The molecular formula is C13H7F3N2O3. The van der Waals surface area contributed by atoms with Crippen LogP contribution in [0.15, 0.2) is 35.0 Å². The Bertz CT molecular complexity index is 833. The average molecular weight is 296 g/mol. The van der Waals surface area contributed by atoms with Gasteiger partial charge < -0.3 is 14.6 Å². The Morgan fingerprint density at radius 1 is 1.29 bits per heavy atom. The maximum absolute atomic E-state index is 12.7. The van der Waals surface area contributed by atoms with Crippen molar-refractivity contribution in [1.29, 1.82) is 0 Å². The van der Waals surface area contributed by atoms with Gasteiger partial charge in [-0.15, -0.1) is 0 Å². The van der Waals surface area contributed by atoms with Gasteiger partial charge in [-0.3, -0.25) is 0 Å². The predicted molar refractivity (Wildman–Crippen MR) is 65.8 cm³/mol. The fraction of sp³-hybridized carbons (Fsp3) is 0.0769. The molecule has 2 aromatic heterocycles. The minimum Gasteiger partial charge on any atom is -0.475 e. The maximum Gasteiger partial charge on any atom is 0.416 e. The number of aromatic carboxylic acids is 1. The molecule has 3 aromatic rings. The summed E-state index contributed by atoms with van der Waals surface area (Å²) in [5.41, 5.74) is 0.181. The van der Waals surface area contributed by atoms with Gasteiger partial charge in [0.05, 0.1) is 5.56 Å². The van der Waals surface area contributed by atoms with Crippen molar-refractivity contribution < 1.29 is 27.6 Å². The highest BCUT2D eigenvalue weighted by atomic mass is 19.4. The van der Waals surface area contributed by atoms with Gasteiger partial charge in [0.2, 0.25) is 5.76 Å². The molecule has 0 unspecified atom stereocenters. The lowest BCUT2D eigenvalue weighted by Gasteiger charge is -2.06. The van der Waals surface area contributed by atoms with Crippen LogP contribution >= 0.6 is 0 Å². The number of nitrogens with one attached hydrogen (secondary N) is 1. The molecule has 0 bridgehead atoms. The monoisotopic (exact) mass is 296 g/mol. The molecule has 0 aliphatic carbocycles. The Labute approximate surface area is 115 Å². The molecule has 0 radical (unpaired) electrons. The first-order valence-electron chi connectivity index (χ1n) is 5.75. The predicted octanol–water partition coefficient (Wildman–Crippen LogP) is 3.54. The highest BCUT2D eigenvalue weighted by Crippen LogP contribution is 2.35. The highest BCUT2D eigenvalue weighted by molar-refractivity contribution is 5.96. The summed E-state index contributed by atoms with van der Waals surface area (Å²) in [6, 6.07) is 4.41. The minimum absolute atomic E-state index is 0.151. The van der Waals surface area contributed by atoms with Crippen molar-refractivity contribution in [2.75, 3.05) is 0 Å². The second kappa shape index (κ2) is 4.37. The molecule has 1 aromatic carbocycles. The zero-order valence-corrected chi connectivity index (χ0v) is 10.2. The van der Waals surface area contributed by atoms with Gasteiger partial charge in [0.1, 0.15) is 5.69 Å². The molecule has 2 heterocycles. The van der Waals surface area contributed by atoms with Crippen LogP contribution in [0.4, 0.5) is 13.2 Å². The molecule has 0 saturated carbocycles. The number of hydrogen-bond donors (Lipinski definition) is 2. The van der Waals surface area contributed by atoms with E-state index in [2.05, 4.69) is 14.7 Å². The summed E-state index contributed by atoms with van der Waals surface area (Å²) in [4.78, 5) is 13.6. The largest absolute Gasteiger partial charge is 0.475 e. The number of H-pyrrole nitrogens is 1. The van der Waals surface area contributed by atoms with Gasteiger partial charge in [0.15, 0.2) is 0 Å². The topological polar surface area (TPSA) is 79.1 Å². The van der Waals surface area contributed by atoms with Crippen LogP contribution in [0.3, 0.4) is 0 Å². The van der Waals surface area contributed by atoms with E-state index in [9.17, 15) is 18.0 Å². The van der Waals surface area contributed by atoms with E-state index in [1.165, 1.54) is 12.3 Å². The van der Waals surface area contributed by atoms with Gasteiger partial charge in [-0.25, -0.2) is 4.79 Å². The molecule has 0 spiro atoms. The number of halogens is 3. The number of benzene rings is 1. The molecule has 0 aliphatic rings. The zero-order valence-electron chi connectivity index (χ0n) is 10.2. The maximum atomic E-state index is 12.7. The third kappa shape index (κ3) is 2.24. The number of carbonyl (C=O) groups is 1. The van der Waals surface area contributed by atoms with Crippen molar-refractivity contribution >= 4 is 16.9 Å². The quantitative estimate of drug-likeness (QED) is 0.758. The van der Waals surface area contributed by atoms with Crippen LogP contribution in [0.1, 0.15) is 16.1 Å². The fourth-order valence-electron chi connectivity index (χ4n) is 2.01. The third-order valence-electron chi connectivity index (χ3n) is 3.01. The van der Waals surface area contributed by atoms with E-state index < -0.39 is 17.7 Å². The summed E-state index contributed by atoms with van der Waals surface area (Å²) in [6.07, 6.45) is -3.01. The molecule has 108 valence electrons. The summed E-state index contributed by atoms with van der Waals surface area (Å²) in [6.45, 7) is 0. The average Bonchev–Trinajstić information content (AvgIpc) is 3.03. The van der Waals surface area contributed by atoms with Crippen molar-refractivity contribution in [3.8, 4) is 11.3 Å². The number of aromatic nitrogens is 2. The van der Waals surface area contributed by atoms with Gasteiger partial charge in [-0.1, -0.05) is 5.16 Å². The van der Waals surface area contributed by atoms with Crippen molar-refractivity contribution in [3.05, 3.63) is 41.8 Å². The number of fused-ring (bicyclic) bond motifs is 1. The minimum atomic E-state index is -4.46. The van der Waals surface area contributed by atoms with Gasteiger partial charge in [0, 0.05) is 28.7 Å². The van der Waals surface area contributed by atoms with Crippen molar-refractivity contribution in [2.24, 2.45) is 0 Å². The molecule has 21 heavy (non-hydrogen) atoms. The molecule has 8 heteroatoms. The summed E-state index contributed by atoms with van der Waals surface area (Å²) in [5, 5.41) is 12.6. The third-order valence-corrected chi connectivity index (χ3v) is 3.01. The lowest BCUT2D eigenvalue weighted by Crippen LogP contribution is -2.04. The number of hydrogen-bond acceptors (Lipinski definition) is 3. The SMILES string of the molecule is O=C(O)c1cc(-c2c[nH]c3ccc(C(F)(F)F)cc23)no1. The molecule has 3 rings (SSSR count). The summed E-state index contributed by atoms with van der Waals surface area (Å²) in [7, 11) is 0. The zero-order chi connectivity index (χ0) is 15.2. The standard InChI is InChI=1S/C13H7F3N2O3/c14-13(15,16)6-1-2-9-7(3-6)8(5-17-9)10-4-11(12(19)20)21-18-10/h1-5,17H,(H,19,20). The Balaban J connectivity index is 2.16. The lowest BCUT2D eigenvalue weighted by molar-refractivity contribution is -0.137. The molecule has 2 N–H and O–H groups in total. The Hall–Kier alpha value is -2.77. The van der Waals surface area contributed by atoms with Crippen molar-refractivity contribution in [3.63, 3.8) is 0 Å². The molecule has 0 atom stereocenters. The summed E-state index contributed by atoms with van der Waals surface area (Å²) in [5.74, 6) is -1.68. The Morgan fingerprint density at radius 3 is 2.67 bits per heavy atom. The summed E-state index contributed by atoms with van der Waals surface area (Å²) < 4.78 is 42.8. The molecule has 5 nitrogen and oxygen atoms in total. The van der Waals surface area contributed by atoms with Crippen LogP contribution in [-0.2, 0) is 6.18 Å². The van der Waals surface area contributed by atoms with E-state index >= 15 is 0 Å². The van der Waals surface area contributed by atoms with Crippen LogP contribution < -0.4 is 0 Å². The van der Waals surface area contributed by atoms with E-state index in [0.717, 1.165) is 18.2 Å². The van der Waals surface area contributed by atoms with Crippen LogP contribution in [0, 0.1) is 0 Å². The number of carboxylic acids is 1. The number of carboxylic acid groups (broad SMARTS) is 1. The molecular weight excluding hydrogens is 289 g/mol. The van der Waals surface area contributed by atoms with E-state index in [1.54, 1.807) is 0 Å². The van der Waals surface area contributed by atoms with E-state index in [0.29, 0.717) is 11.1 Å². The highest BCUT2D eigenvalue weighted by Gasteiger charge is 2.31. The van der Waals surface area contributed by atoms with Gasteiger partial charge in [0.25, 0.3) is 0 Å². The van der Waals surface area contributed by atoms with Crippen LogP contribution in [-0.4, -0.2) is 21.2 Å². The molecule has 0 fully saturated rings. The number of rotatable bonds is 2. The number of nitrogens with zero attached hydrogens (tertiary/aromatic N) is 1. The van der Waals surface area contributed by atoms with Crippen LogP contribution in [0.2, 0.25) is 0 Å². The Morgan fingerprint density at radius 2 is 2.05 bits per heavy atom. The van der Waals surface area contributed by atoms with Crippen LogP contribution in [0.5, 0.6) is 0 Å². The lowest BCUT2D eigenvalue weighted by atomic mass is 10.1. The second-order valence-electron chi connectivity index (χ2n) is 4.34. The van der Waals surface area contributed by atoms with Crippen molar-refractivity contribution in [2.45, 2.75) is 6.18 Å².